The Balaban J connectivity index is 1.39. The summed E-state index contributed by atoms with van der Waals surface area (Å²) < 4.78 is 21.3. The average molecular weight is 388 g/mol. The standard InChI is InChI=1S/C19H25FN6O2/c20-16-10-17(12-18(11-16)24-6-8-28-9-7-24)22-19(27)25-4-1-2-15(13-25)14-26-5-3-21-23-26/h3,5,10-12,15H,1-2,4,6-9,13-14H2,(H,22,27). The summed E-state index contributed by atoms with van der Waals surface area (Å²) >= 11 is 0. The van der Waals surface area contributed by atoms with Gasteiger partial charge in [0, 0.05) is 50.3 Å². The molecule has 9 heteroatoms. The zero-order valence-corrected chi connectivity index (χ0v) is 15.8. The van der Waals surface area contributed by atoms with Gasteiger partial charge < -0.3 is 19.9 Å². The van der Waals surface area contributed by atoms with Crippen molar-refractivity contribution in [2.24, 2.45) is 5.92 Å². The molecular formula is C19H25FN6O2. The molecule has 1 N–H and O–H groups in total. The van der Waals surface area contributed by atoms with Crippen LogP contribution < -0.4 is 10.2 Å². The van der Waals surface area contributed by atoms with Crippen LogP contribution in [0.15, 0.2) is 30.6 Å². The summed E-state index contributed by atoms with van der Waals surface area (Å²) in [6, 6.07) is 4.49. The number of nitrogens with zero attached hydrogens (tertiary/aromatic N) is 5. The highest BCUT2D eigenvalue weighted by Gasteiger charge is 2.24. The van der Waals surface area contributed by atoms with Crippen LogP contribution in [0.5, 0.6) is 0 Å². The number of hydrogen-bond donors (Lipinski definition) is 1. The number of hydrogen-bond acceptors (Lipinski definition) is 5. The van der Waals surface area contributed by atoms with Gasteiger partial charge in [0.2, 0.25) is 0 Å². The molecular weight excluding hydrogens is 363 g/mol. The first-order valence-electron chi connectivity index (χ1n) is 9.71. The number of ether oxygens (including phenoxy) is 1. The highest BCUT2D eigenvalue weighted by Crippen LogP contribution is 2.24. The van der Waals surface area contributed by atoms with Gasteiger partial charge in [0.15, 0.2) is 0 Å². The molecule has 2 aliphatic heterocycles. The predicted octanol–water partition coefficient (Wildman–Crippen LogP) is 2.20. The SMILES string of the molecule is O=C(Nc1cc(F)cc(N2CCOCC2)c1)N1CCCC(Cn2ccnn2)C1. The fourth-order valence-corrected chi connectivity index (χ4v) is 3.85. The van der Waals surface area contributed by atoms with Crippen LogP contribution in [-0.2, 0) is 11.3 Å². The summed E-state index contributed by atoms with van der Waals surface area (Å²) in [5, 5.41) is 10.7. The lowest BCUT2D eigenvalue weighted by Crippen LogP contribution is -2.43. The molecule has 2 fully saturated rings. The molecule has 1 aromatic carbocycles. The Morgan fingerprint density at radius 3 is 2.89 bits per heavy atom. The summed E-state index contributed by atoms with van der Waals surface area (Å²) in [6.45, 7) is 4.77. The molecule has 3 heterocycles. The number of nitrogens with one attached hydrogen (secondary N) is 1. The van der Waals surface area contributed by atoms with Gasteiger partial charge in [0.05, 0.1) is 19.4 Å². The fraction of sp³-hybridized carbons (Fsp3) is 0.526. The first-order valence-corrected chi connectivity index (χ1v) is 9.71. The van der Waals surface area contributed by atoms with E-state index in [0.29, 0.717) is 51.0 Å². The highest BCUT2D eigenvalue weighted by molar-refractivity contribution is 5.90. The van der Waals surface area contributed by atoms with Crippen molar-refractivity contribution in [1.29, 1.82) is 0 Å². The molecule has 150 valence electrons. The van der Waals surface area contributed by atoms with E-state index in [0.717, 1.165) is 25.1 Å². The summed E-state index contributed by atoms with van der Waals surface area (Å²) in [6.07, 6.45) is 5.47. The predicted molar refractivity (Wildman–Crippen MR) is 103 cm³/mol. The summed E-state index contributed by atoms with van der Waals surface area (Å²) in [5.74, 6) is -0.0281. The largest absolute Gasteiger partial charge is 0.378 e. The Bertz CT molecular complexity index is 794. The normalized spacial score (nSPS) is 20.2. The number of rotatable bonds is 4. The maximum absolute atomic E-state index is 14.1. The van der Waals surface area contributed by atoms with Crippen LogP contribution in [0.2, 0.25) is 0 Å². The molecule has 2 amide bonds. The second-order valence-corrected chi connectivity index (χ2v) is 7.31. The second kappa shape index (κ2) is 8.55. The van der Waals surface area contributed by atoms with E-state index in [1.807, 2.05) is 12.3 Å². The van der Waals surface area contributed by atoms with Crippen molar-refractivity contribution in [2.45, 2.75) is 19.4 Å². The van der Waals surface area contributed by atoms with E-state index in [9.17, 15) is 9.18 Å². The van der Waals surface area contributed by atoms with E-state index in [-0.39, 0.29) is 11.8 Å². The Hall–Kier alpha value is -2.68. The van der Waals surface area contributed by atoms with E-state index in [1.54, 1.807) is 15.8 Å². The van der Waals surface area contributed by atoms with Crippen LogP contribution in [-0.4, -0.2) is 65.3 Å². The van der Waals surface area contributed by atoms with Crippen molar-refractivity contribution in [2.75, 3.05) is 49.6 Å². The number of carbonyl (C=O) groups excluding carboxylic acids is 1. The van der Waals surface area contributed by atoms with E-state index in [4.69, 9.17) is 4.74 Å². The molecule has 1 unspecified atom stereocenters. The minimum atomic E-state index is -0.359. The van der Waals surface area contributed by atoms with Crippen LogP contribution >= 0.6 is 0 Å². The minimum Gasteiger partial charge on any atom is -0.378 e. The molecule has 0 radical (unpaired) electrons. The summed E-state index contributed by atoms with van der Waals surface area (Å²) in [5.41, 5.74) is 1.24. The zero-order valence-electron chi connectivity index (χ0n) is 15.8. The van der Waals surface area contributed by atoms with Crippen molar-refractivity contribution < 1.29 is 13.9 Å². The number of morpholine rings is 1. The molecule has 8 nitrogen and oxygen atoms in total. The summed E-state index contributed by atoms with van der Waals surface area (Å²) in [7, 11) is 0. The first kappa shape index (κ1) is 18.7. The molecule has 4 rings (SSSR count). The average Bonchev–Trinajstić information content (AvgIpc) is 3.21. The van der Waals surface area contributed by atoms with Crippen LogP contribution in [0.4, 0.5) is 20.6 Å². The number of anilines is 2. The van der Waals surface area contributed by atoms with Gasteiger partial charge in [-0.25, -0.2) is 9.18 Å². The van der Waals surface area contributed by atoms with Crippen molar-refractivity contribution in [3.63, 3.8) is 0 Å². The zero-order chi connectivity index (χ0) is 19.3. The van der Waals surface area contributed by atoms with Gasteiger partial charge in [0.25, 0.3) is 0 Å². The monoisotopic (exact) mass is 388 g/mol. The van der Waals surface area contributed by atoms with Crippen molar-refractivity contribution >= 4 is 17.4 Å². The Morgan fingerprint density at radius 2 is 2.11 bits per heavy atom. The van der Waals surface area contributed by atoms with Gasteiger partial charge in [-0.05, 0) is 37.0 Å². The van der Waals surface area contributed by atoms with E-state index >= 15 is 0 Å². The van der Waals surface area contributed by atoms with Gasteiger partial charge >= 0.3 is 6.03 Å². The lowest BCUT2D eigenvalue weighted by atomic mass is 9.98. The third-order valence-electron chi connectivity index (χ3n) is 5.23. The maximum atomic E-state index is 14.1. The fourth-order valence-electron chi connectivity index (χ4n) is 3.85. The Morgan fingerprint density at radius 1 is 1.25 bits per heavy atom. The van der Waals surface area contributed by atoms with Gasteiger partial charge in [0.1, 0.15) is 5.82 Å². The lowest BCUT2D eigenvalue weighted by molar-refractivity contribution is 0.122. The van der Waals surface area contributed by atoms with Crippen LogP contribution in [0.25, 0.3) is 0 Å². The molecule has 28 heavy (non-hydrogen) atoms. The molecule has 1 atom stereocenters. The number of aromatic nitrogens is 3. The van der Waals surface area contributed by atoms with Crippen LogP contribution in [0, 0.1) is 11.7 Å². The van der Waals surface area contributed by atoms with E-state index in [1.165, 1.54) is 12.1 Å². The summed E-state index contributed by atoms with van der Waals surface area (Å²) in [4.78, 5) is 16.6. The van der Waals surface area contributed by atoms with Crippen LogP contribution in [0.1, 0.15) is 12.8 Å². The van der Waals surface area contributed by atoms with Crippen molar-refractivity contribution in [3.8, 4) is 0 Å². The topological polar surface area (TPSA) is 75.5 Å². The molecule has 2 aliphatic rings. The van der Waals surface area contributed by atoms with Gasteiger partial charge in [-0.3, -0.25) is 4.68 Å². The quantitative estimate of drug-likeness (QED) is 0.869. The molecule has 2 aromatic rings. The van der Waals surface area contributed by atoms with Crippen molar-refractivity contribution in [3.05, 3.63) is 36.4 Å². The molecule has 0 bridgehead atoms. The molecule has 0 saturated carbocycles. The number of halogens is 1. The molecule has 0 aliphatic carbocycles. The number of likely N-dealkylation sites (tertiary alicyclic amines) is 1. The Labute approximate surface area is 163 Å². The molecule has 1 aromatic heterocycles. The third-order valence-corrected chi connectivity index (χ3v) is 5.23. The van der Waals surface area contributed by atoms with Gasteiger partial charge in [-0.15, -0.1) is 5.10 Å². The van der Waals surface area contributed by atoms with E-state index < -0.39 is 0 Å². The first-order chi connectivity index (χ1) is 13.7. The molecule has 2 saturated heterocycles. The Kier molecular flexibility index (Phi) is 5.70. The number of amides is 2. The van der Waals surface area contributed by atoms with Gasteiger partial charge in [-0.2, -0.15) is 0 Å². The van der Waals surface area contributed by atoms with Crippen molar-refractivity contribution in [1.82, 2.24) is 19.9 Å². The number of carbonyl (C=O) groups is 1. The minimum absolute atomic E-state index is 0.193. The van der Waals surface area contributed by atoms with Gasteiger partial charge in [-0.1, -0.05) is 5.21 Å². The number of piperidine rings is 1. The smallest absolute Gasteiger partial charge is 0.321 e. The number of urea groups is 1. The van der Waals surface area contributed by atoms with Crippen LogP contribution in [0.3, 0.4) is 0 Å². The number of benzene rings is 1. The maximum Gasteiger partial charge on any atom is 0.321 e. The third kappa shape index (κ3) is 4.59. The van der Waals surface area contributed by atoms with E-state index in [2.05, 4.69) is 20.5 Å². The lowest BCUT2D eigenvalue weighted by Gasteiger charge is -2.33. The highest BCUT2D eigenvalue weighted by atomic mass is 19.1. The molecule has 0 spiro atoms. The second-order valence-electron chi connectivity index (χ2n) is 7.31.